The molecular formula is C26H24Cl2O6. The molecule has 8 heteroatoms. The van der Waals surface area contributed by atoms with Gasteiger partial charge in [-0.2, -0.15) is 0 Å². The topological polar surface area (TPSA) is 77.4 Å². The van der Waals surface area contributed by atoms with Crippen molar-refractivity contribution in [3.8, 4) is 45.6 Å². The molecule has 178 valence electrons. The lowest BCUT2D eigenvalue weighted by atomic mass is 9.93. The first-order valence-electron chi connectivity index (χ1n) is 10.7. The minimum absolute atomic E-state index is 0.0635. The van der Waals surface area contributed by atoms with E-state index in [0.29, 0.717) is 67.6 Å². The Morgan fingerprint density at radius 1 is 0.735 bits per heavy atom. The van der Waals surface area contributed by atoms with Crippen LogP contribution in [0.15, 0.2) is 36.4 Å². The Labute approximate surface area is 207 Å². The SMILES string of the molecule is CCOc1cc(-c2c(OC)c(OCC)c3c(OC)c(Cl)ccc3c2O)c(O)c2ccc(Cl)cc12. The summed E-state index contributed by atoms with van der Waals surface area (Å²) in [7, 11) is 2.95. The number of fused-ring (bicyclic) bond motifs is 2. The number of hydrogen-bond donors (Lipinski definition) is 2. The zero-order valence-corrected chi connectivity index (χ0v) is 20.7. The number of halogens is 2. The lowest BCUT2D eigenvalue weighted by Gasteiger charge is -2.22. The number of hydrogen-bond acceptors (Lipinski definition) is 6. The summed E-state index contributed by atoms with van der Waals surface area (Å²) in [6.45, 7) is 4.41. The Morgan fingerprint density at radius 3 is 2.06 bits per heavy atom. The van der Waals surface area contributed by atoms with Gasteiger partial charge >= 0.3 is 0 Å². The third-order valence-corrected chi connectivity index (χ3v) is 6.09. The van der Waals surface area contributed by atoms with Gasteiger partial charge in [-0.05, 0) is 50.2 Å². The van der Waals surface area contributed by atoms with Crippen molar-refractivity contribution in [1.29, 1.82) is 0 Å². The molecule has 0 aliphatic heterocycles. The molecule has 34 heavy (non-hydrogen) atoms. The van der Waals surface area contributed by atoms with Crippen molar-refractivity contribution in [2.75, 3.05) is 27.4 Å². The first-order valence-corrected chi connectivity index (χ1v) is 11.4. The predicted molar refractivity (Wildman–Crippen MR) is 136 cm³/mol. The van der Waals surface area contributed by atoms with E-state index in [0.717, 1.165) is 0 Å². The highest BCUT2D eigenvalue weighted by atomic mass is 35.5. The Hall–Kier alpha value is -3.22. The number of aromatic hydroxyl groups is 2. The summed E-state index contributed by atoms with van der Waals surface area (Å²) in [4.78, 5) is 0. The fraction of sp³-hybridized carbons (Fsp3) is 0.231. The Bertz CT molecular complexity index is 1400. The van der Waals surface area contributed by atoms with Gasteiger partial charge in [-0.25, -0.2) is 0 Å². The van der Waals surface area contributed by atoms with Gasteiger partial charge in [0.15, 0.2) is 11.5 Å². The van der Waals surface area contributed by atoms with Gasteiger partial charge in [-0.1, -0.05) is 23.2 Å². The van der Waals surface area contributed by atoms with Crippen molar-refractivity contribution in [3.63, 3.8) is 0 Å². The normalized spacial score (nSPS) is 11.1. The van der Waals surface area contributed by atoms with Crippen LogP contribution in [0, 0.1) is 0 Å². The van der Waals surface area contributed by atoms with Gasteiger partial charge in [0.2, 0.25) is 0 Å². The molecule has 0 fully saturated rings. The van der Waals surface area contributed by atoms with Crippen molar-refractivity contribution >= 4 is 44.7 Å². The molecule has 6 nitrogen and oxygen atoms in total. The lowest BCUT2D eigenvalue weighted by molar-refractivity contribution is 0.313. The Balaban J connectivity index is 2.19. The van der Waals surface area contributed by atoms with Gasteiger partial charge < -0.3 is 29.2 Å². The van der Waals surface area contributed by atoms with E-state index >= 15 is 0 Å². The molecule has 4 aromatic rings. The molecule has 2 N–H and O–H groups in total. The third kappa shape index (κ3) is 3.77. The maximum Gasteiger partial charge on any atom is 0.173 e. The van der Waals surface area contributed by atoms with Crippen molar-refractivity contribution < 1.29 is 29.2 Å². The molecule has 0 heterocycles. The summed E-state index contributed by atoms with van der Waals surface area (Å²) in [5.74, 6) is 1.21. The van der Waals surface area contributed by atoms with Gasteiger partial charge in [0.25, 0.3) is 0 Å². The van der Waals surface area contributed by atoms with Crippen molar-refractivity contribution in [3.05, 3.63) is 46.4 Å². The lowest BCUT2D eigenvalue weighted by Crippen LogP contribution is -2.01. The highest BCUT2D eigenvalue weighted by Gasteiger charge is 2.28. The standard InChI is InChI=1S/C26H24Cl2O6/c1-5-33-19-12-17(22(29)14-8-7-13(27)11-16(14)19)20-23(30)15-9-10-18(28)24(31-3)21(15)26(34-6-2)25(20)32-4/h7-12,29-30H,5-6H2,1-4H3. The van der Waals surface area contributed by atoms with Crippen molar-refractivity contribution in [2.24, 2.45) is 0 Å². The second kappa shape index (κ2) is 9.57. The molecule has 0 aromatic heterocycles. The van der Waals surface area contributed by atoms with Crippen LogP contribution < -0.4 is 18.9 Å². The minimum Gasteiger partial charge on any atom is -0.507 e. The largest absolute Gasteiger partial charge is 0.507 e. The summed E-state index contributed by atoms with van der Waals surface area (Å²) >= 11 is 12.6. The summed E-state index contributed by atoms with van der Waals surface area (Å²) in [6.07, 6.45) is 0. The zero-order chi connectivity index (χ0) is 24.6. The van der Waals surface area contributed by atoms with Crippen LogP contribution in [0.4, 0.5) is 0 Å². The zero-order valence-electron chi connectivity index (χ0n) is 19.2. The highest BCUT2D eigenvalue weighted by Crippen LogP contribution is 2.56. The maximum absolute atomic E-state index is 11.5. The predicted octanol–water partition coefficient (Wildman–Crippen LogP) is 7.19. The molecule has 4 rings (SSSR count). The van der Waals surface area contributed by atoms with E-state index in [1.165, 1.54) is 14.2 Å². The number of rotatable bonds is 7. The van der Waals surface area contributed by atoms with Crippen LogP contribution in [0.2, 0.25) is 10.0 Å². The number of methoxy groups -OCH3 is 2. The molecular weight excluding hydrogens is 479 g/mol. The van der Waals surface area contributed by atoms with E-state index in [1.807, 2.05) is 13.8 Å². The van der Waals surface area contributed by atoms with E-state index in [9.17, 15) is 10.2 Å². The third-order valence-electron chi connectivity index (χ3n) is 5.56. The Kier molecular flexibility index (Phi) is 6.73. The molecule has 0 saturated carbocycles. The number of phenolic OH excluding ortho intramolecular Hbond substituents is 2. The fourth-order valence-electron chi connectivity index (χ4n) is 4.19. The summed E-state index contributed by atoms with van der Waals surface area (Å²) in [5, 5.41) is 25.7. The van der Waals surface area contributed by atoms with Crippen LogP contribution in [-0.2, 0) is 0 Å². The molecule has 0 aliphatic carbocycles. The maximum atomic E-state index is 11.5. The van der Waals surface area contributed by atoms with Gasteiger partial charge in [0.05, 0.1) is 43.4 Å². The smallest absolute Gasteiger partial charge is 0.173 e. The Morgan fingerprint density at radius 2 is 1.41 bits per heavy atom. The van der Waals surface area contributed by atoms with Crippen LogP contribution >= 0.6 is 23.2 Å². The average molecular weight is 503 g/mol. The van der Waals surface area contributed by atoms with Gasteiger partial charge in [0, 0.05) is 26.7 Å². The highest BCUT2D eigenvalue weighted by molar-refractivity contribution is 6.34. The molecule has 0 bridgehead atoms. The second-order valence-corrected chi connectivity index (χ2v) is 8.26. The van der Waals surface area contributed by atoms with E-state index in [4.69, 9.17) is 42.1 Å². The number of ether oxygens (including phenoxy) is 4. The average Bonchev–Trinajstić information content (AvgIpc) is 2.82. The van der Waals surface area contributed by atoms with E-state index < -0.39 is 0 Å². The van der Waals surface area contributed by atoms with Crippen molar-refractivity contribution in [2.45, 2.75) is 13.8 Å². The molecule has 0 aliphatic rings. The molecule has 0 saturated heterocycles. The van der Waals surface area contributed by atoms with Crippen LogP contribution in [0.3, 0.4) is 0 Å². The van der Waals surface area contributed by atoms with E-state index in [-0.39, 0.29) is 22.8 Å². The van der Waals surface area contributed by atoms with E-state index in [2.05, 4.69) is 0 Å². The minimum atomic E-state index is -0.128. The molecule has 4 aromatic carbocycles. The first-order chi connectivity index (χ1) is 16.4. The molecule has 0 radical (unpaired) electrons. The monoisotopic (exact) mass is 502 g/mol. The molecule has 0 spiro atoms. The van der Waals surface area contributed by atoms with Crippen LogP contribution in [0.25, 0.3) is 32.7 Å². The molecule has 0 atom stereocenters. The van der Waals surface area contributed by atoms with Gasteiger partial charge in [-0.3, -0.25) is 0 Å². The van der Waals surface area contributed by atoms with E-state index in [1.54, 1.807) is 36.4 Å². The van der Waals surface area contributed by atoms with Crippen LogP contribution in [0.5, 0.6) is 34.5 Å². The summed E-state index contributed by atoms with van der Waals surface area (Å²) < 4.78 is 23.1. The summed E-state index contributed by atoms with van der Waals surface area (Å²) in [5.41, 5.74) is 0.558. The molecule has 0 unspecified atom stereocenters. The van der Waals surface area contributed by atoms with Crippen molar-refractivity contribution in [1.82, 2.24) is 0 Å². The number of phenols is 2. The second-order valence-electron chi connectivity index (χ2n) is 7.42. The summed E-state index contributed by atoms with van der Waals surface area (Å²) in [6, 6.07) is 10.1. The van der Waals surface area contributed by atoms with Crippen LogP contribution in [0.1, 0.15) is 13.8 Å². The number of benzene rings is 4. The van der Waals surface area contributed by atoms with Gasteiger partial charge in [0.1, 0.15) is 23.0 Å². The quantitative estimate of drug-likeness (QED) is 0.278. The van der Waals surface area contributed by atoms with Crippen LogP contribution in [-0.4, -0.2) is 37.6 Å². The molecule has 0 amide bonds. The first kappa shape index (κ1) is 23.9. The van der Waals surface area contributed by atoms with Gasteiger partial charge in [-0.15, -0.1) is 0 Å². The fourth-order valence-corrected chi connectivity index (χ4v) is 4.60.